The third-order valence-electron chi connectivity index (χ3n) is 2.12. The Hall–Kier alpha value is -1.03. The Balaban J connectivity index is 2.27. The van der Waals surface area contributed by atoms with Crippen molar-refractivity contribution in [1.82, 2.24) is 5.06 Å². The fraction of sp³-hybridized carbons (Fsp3) is 0.875. The lowest BCUT2D eigenvalue weighted by Crippen LogP contribution is -2.55. The Labute approximate surface area is 97.4 Å². The van der Waals surface area contributed by atoms with E-state index in [0.717, 1.165) is 6.92 Å². The zero-order valence-corrected chi connectivity index (χ0v) is 9.01. The molecule has 1 fully saturated rings. The predicted octanol–water partition coefficient (Wildman–Crippen LogP) is 1.66. The number of nitrogens with zero attached hydrogens (tertiary/aromatic N) is 1. The van der Waals surface area contributed by atoms with Crippen LogP contribution in [-0.4, -0.2) is 48.7 Å². The monoisotopic (exact) mass is 281 g/mol. The zero-order chi connectivity index (χ0) is 14.1. The molecular formula is C8H9F6NO3. The van der Waals surface area contributed by atoms with Gasteiger partial charge in [-0.25, -0.2) is 4.79 Å². The highest BCUT2D eigenvalue weighted by molar-refractivity contribution is 5.75. The van der Waals surface area contributed by atoms with Crippen LogP contribution in [0.1, 0.15) is 6.92 Å². The van der Waals surface area contributed by atoms with Gasteiger partial charge in [0.15, 0.2) is 6.10 Å². The van der Waals surface area contributed by atoms with E-state index < -0.39 is 30.5 Å². The number of carbonyl (C=O) groups excluding carboxylic acids is 1. The smallest absolute Gasteiger partial charge is 0.363 e. The van der Waals surface area contributed by atoms with Crippen LogP contribution < -0.4 is 0 Å². The van der Waals surface area contributed by atoms with E-state index in [0.29, 0.717) is 5.06 Å². The van der Waals surface area contributed by atoms with Crippen molar-refractivity contribution in [3.63, 3.8) is 0 Å². The Morgan fingerprint density at radius 2 is 1.72 bits per heavy atom. The van der Waals surface area contributed by atoms with Crippen molar-refractivity contribution in [1.29, 1.82) is 0 Å². The second-order valence-corrected chi connectivity index (χ2v) is 3.67. The first-order chi connectivity index (χ1) is 8.00. The largest absolute Gasteiger partial charge is 0.492 e. The molecule has 0 radical (unpaired) electrons. The van der Waals surface area contributed by atoms with E-state index in [1.807, 2.05) is 0 Å². The van der Waals surface area contributed by atoms with Gasteiger partial charge in [-0.2, -0.15) is 26.3 Å². The highest BCUT2D eigenvalue weighted by Gasteiger charge is 2.46. The van der Waals surface area contributed by atoms with Gasteiger partial charge in [0.2, 0.25) is 0 Å². The van der Waals surface area contributed by atoms with Crippen molar-refractivity contribution < 1.29 is 40.7 Å². The molecule has 18 heavy (non-hydrogen) atoms. The molecule has 1 heterocycles. The lowest BCUT2D eigenvalue weighted by molar-refractivity contribution is -0.291. The molecule has 0 saturated carbocycles. The molecule has 0 aromatic rings. The van der Waals surface area contributed by atoms with Crippen molar-refractivity contribution in [2.24, 2.45) is 0 Å². The molecule has 1 rings (SSSR count). The number of carbonyl (C=O) groups is 1. The summed E-state index contributed by atoms with van der Waals surface area (Å²) in [6, 6.07) is 0. The van der Waals surface area contributed by atoms with Crippen molar-refractivity contribution in [2.45, 2.75) is 31.5 Å². The molecule has 1 saturated heterocycles. The molecule has 1 aliphatic heterocycles. The third kappa shape index (κ3) is 4.02. The molecule has 0 bridgehead atoms. The number of hydrogen-bond acceptors (Lipinski definition) is 4. The Morgan fingerprint density at radius 1 is 1.22 bits per heavy atom. The minimum absolute atomic E-state index is 0.331. The molecule has 0 N–H and O–H groups in total. The lowest BCUT2D eigenvalue weighted by Gasteiger charge is -2.38. The summed E-state index contributed by atoms with van der Waals surface area (Å²) in [5.74, 6) is -2.41. The topological polar surface area (TPSA) is 38.8 Å². The van der Waals surface area contributed by atoms with E-state index in [4.69, 9.17) is 0 Å². The maximum atomic E-state index is 12.1. The maximum Gasteiger partial charge on any atom is 0.492 e. The summed E-state index contributed by atoms with van der Waals surface area (Å²) in [4.78, 5) is 14.2. The van der Waals surface area contributed by atoms with Gasteiger partial charge in [-0.05, 0) is 6.92 Å². The van der Waals surface area contributed by atoms with E-state index in [-0.39, 0.29) is 13.1 Å². The van der Waals surface area contributed by atoms with Crippen LogP contribution in [0.3, 0.4) is 0 Å². The number of ether oxygens (including phenoxy) is 1. The average Bonchev–Trinajstić information content (AvgIpc) is 2.10. The molecule has 0 aliphatic carbocycles. The molecule has 0 amide bonds. The molecule has 0 spiro atoms. The predicted molar refractivity (Wildman–Crippen MR) is 44.1 cm³/mol. The van der Waals surface area contributed by atoms with Gasteiger partial charge in [0.25, 0.3) is 0 Å². The summed E-state index contributed by atoms with van der Waals surface area (Å²) in [5, 5.41) is 0.587. The van der Waals surface area contributed by atoms with Crippen LogP contribution in [0.4, 0.5) is 26.3 Å². The summed E-state index contributed by atoms with van der Waals surface area (Å²) < 4.78 is 75.9. The summed E-state index contributed by atoms with van der Waals surface area (Å²) in [5.41, 5.74) is 0. The molecule has 1 unspecified atom stereocenters. The first kappa shape index (κ1) is 15.0. The van der Waals surface area contributed by atoms with E-state index in [2.05, 4.69) is 9.57 Å². The molecule has 0 aromatic heterocycles. The van der Waals surface area contributed by atoms with Crippen molar-refractivity contribution >= 4 is 5.97 Å². The average molecular weight is 281 g/mol. The second-order valence-electron chi connectivity index (χ2n) is 3.67. The van der Waals surface area contributed by atoms with Crippen LogP contribution in [-0.2, 0) is 14.4 Å². The maximum absolute atomic E-state index is 12.1. The minimum atomic E-state index is -5.13. The van der Waals surface area contributed by atoms with E-state index in [1.165, 1.54) is 0 Å². The Bertz CT molecular complexity index is 309. The van der Waals surface area contributed by atoms with Crippen molar-refractivity contribution in [3.8, 4) is 0 Å². The van der Waals surface area contributed by atoms with E-state index in [9.17, 15) is 31.1 Å². The Morgan fingerprint density at radius 3 is 2.11 bits per heavy atom. The highest BCUT2D eigenvalue weighted by Crippen LogP contribution is 2.26. The zero-order valence-electron chi connectivity index (χ0n) is 9.01. The number of rotatable bonds is 3. The van der Waals surface area contributed by atoms with Gasteiger partial charge in [0, 0.05) is 0 Å². The van der Waals surface area contributed by atoms with Crippen LogP contribution in [0.15, 0.2) is 0 Å². The van der Waals surface area contributed by atoms with Gasteiger partial charge >= 0.3 is 18.3 Å². The normalized spacial score (nSPS) is 20.4. The SMILES string of the molecule is CC(OC1CN(OC(=O)C(F)(F)F)C1)C(F)(F)F. The third-order valence-corrected chi connectivity index (χ3v) is 2.12. The van der Waals surface area contributed by atoms with Gasteiger partial charge in [0.1, 0.15) is 0 Å². The summed E-state index contributed by atoms with van der Waals surface area (Å²) in [6.07, 6.45) is -12.6. The lowest BCUT2D eigenvalue weighted by atomic mass is 10.2. The number of hydroxylamine groups is 2. The van der Waals surface area contributed by atoms with E-state index >= 15 is 0 Å². The van der Waals surface area contributed by atoms with Gasteiger partial charge < -0.3 is 9.57 Å². The molecule has 106 valence electrons. The van der Waals surface area contributed by atoms with Gasteiger partial charge in [0.05, 0.1) is 19.2 Å². The fourth-order valence-corrected chi connectivity index (χ4v) is 1.10. The summed E-state index contributed by atoms with van der Waals surface area (Å²) in [6.45, 7) is 0.120. The van der Waals surface area contributed by atoms with Crippen LogP contribution in [0.25, 0.3) is 0 Å². The summed E-state index contributed by atoms with van der Waals surface area (Å²) in [7, 11) is 0. The highest BCUT2D eigenvalue weighted by atomic mass is 19.4. The van der Waals surface area contributed by atoms with Crippen molar-refractivity contribution in [2.75, 3.05) is 13.1 Å². The fourth-order valence-electron chi connectivity index (χ4n) is 1.10. The van der Waals surface area contributed by atoms with Gasteiger partial charge in [-0.3, -0.25) is 0 Å². The van der Waals surface area contributed by atoms with Crippen LogP contribution >= 0.6 is 0 Å². The second kappa shape index (κ2) is 4.92. The quantitative estimate of drug-likeness (QED) is 0.737. The van der Waals surface area contributed by atoms with Crippen LogP contribution in [0, 0.1) is 0 Å². The van der Waals surface area contributed by atoms with Gasteiger partial charge in [-0.1, -0.05) is 0 Å². The number of hydrogen-bond donors (Lipinski definition) is 0. The standard InChI is InChI=1S/C8H9F6NO3/c1-4(7(9,10)11)17-5-2-15(3-5)18-6(16)8(12,13)14/h4-5H,2-3H2,1H3. The number of halogens is 6. The molecule has 1 aliphatic rings. The number of alkyl halides is 6. The summed E-state index contributed by atoms with van der Waals surface area (Å²) >= 11 is 0. The van der Waals surface area contributed by atoms with Gasteiger partial charge in [-0.15, -0.1) is 5.06 Å². The van der Waals surface area contributed by atoms with Crippen molar-refractivity contribution in [3.05, 3.63) is 0 Å². The first-order valence-electron chi connectivity index (χ1n) is 4.76. The molecule has 10 heteroatoms. The molecular weight excluding hydrogens is 272 g/mol. The minimum Gasteiger partial charge on any atom is -0.363 e. The van der Waals surface area contributed by atoms with Crippen LogP contribution in [0.2, 0.25) is 0 Å². The van der Waals surface area contributed by atoms with Crippen LogP contribution in [0.5, 0.6) is 0 Å². The molecule has 0 aromatic carbocycles. The Kier molecular flexibility index (Phi) is 4.11. The molecule has 1 atom stereocenters. The van der Waals surface area contributed by atoms with E-state index in [1.54, 1.807) is 0 Å². The molecule has 4 nitrogen and oxygen atoms in total. The first-order valence-corrected chi connectivity index (χ1v) is 4.76.